The van der Waals surface area contributed by atoms with E-state index in [0.29, 0.717) is 0 Å². The minimum atomic E-state index is -3.93. The summed E-state index contributed by atoms with van der Waals surface area (Å²) in [6.45, 7) is 3.29. The molecule has 0 saturated carbocycles. The van der Waals surface area contributed by atoms with Gasteiger partial charge in [0.2, 0.25) is 0 Å². The van der Waals surface area contributed by atoms with Gasteiger partial charge in [0.05, 0.1) is 29.2 Å². The SMILES string of the molecule is CCOP(=O)(OCC)C(O)c1coc2c(Cl)cc(Cl)cc2c1=O. The summed E-state index contributed by atoms with van der Waals surface area (Å²) in [6, 6.07) is 2.78. The highest BCUT2D eigenvalue weighted by Crippen LogP contribution is 2.59. The van der Waals surface area contributed by atoms with Gasteiger partial charge < -0.3 is 18.6 Å². The standard InChI is InChI=1S/C14H15Cl2O6P/c1-3-21-23(19,22-4-2)14(18)10-7-20-13-9(12(10)17)5-8(15)6-11(13)16/h5-7,14,18H,3-4H2,1-2H3. The number of aliphatic hydroxyl groups excluding tert-OH is 1. The zero-order chi connectivity index (χ0) is 17.2. The first-order chi connectivity index (χ1) is 10.8. The van der Waals surface area contributed by atoms with Crippen LogP contribution in [0.3, 0.4) is 0 Å². The van der Waals surface area contributed by atoms with Gasteiger partial charge in [0.15, 0.2) is 16.9 Å². The molecule has 1 aromatic heterocycles. The van der Waals surface area contributed by atoms with Crippen molar-refractivity contribution in [2.75, 3.05) is 13.2 Å². The molecule has 126 valence electrons. The lowest BCUT2D eigenvalue weighted by Gasteiger charge is -2.21. The summed E-state index contributed by atoms with van der Waals surface area (Å²) >= 11 is 11.9. The monoisotopic (exact) mass is 380 g/mol. The summed E-state index contributed by atoms with van der Waals surface area (Å²) in [5, 5.41) is 10.8. The van der Waals surface area contributed by atoms with E-state index in [2.05, 4.69) is 0 Å². The van der Waals surface area contributed by atoms with E-state index in [1.54, 1.807) is 13.8 Å². The van der Waals surface area contributed by atoms with Gasteiger partial charge in [0, 0.05) is 5.02 Å². The van der Waals surface area contributed by atoms with Gasteiger partial charge in [-0.3, -0.25) is 9.36 Å². The summed E-state index contributed by atoms with van der Waals surface area (Å²) in [4.78, 5) is 12.6. The first kappa shape index (κ1) is 18.5. The molecule has 23 heavy (non-hydrogen) atoms. The van der Waals surface area contributed by atoms with Gasteiger partial charge in [-0.2, -0.15) is 0 Å². The van der Waals surface area contributed by atoms with E-state index in [9.17, 15) is 14.5 Å². The lowest BCUT2D eigenvalue weighted by atomic mass is 10.2. The fourth-order valence-corrected chi connectivity index (χ4v) is 4.20. The van der Waals surface area contributed by atoms with E-state index < -0.39 is 18.9 Å². The normalized spacial score (nSPS) is 13.4. The van der Waals surface area contributed by atoms with Crippen LogP contribution >= 0.6 is 30.8 Å². The Bertz CT molecular complexity index is 809. The molecule has 0 aliphatic carbocycles. The molecule has 1 N–H and O–H groups in total. The Morgan fingerprint density at radius 1 is 1.26 bits per heavy atom. The zero-order valence-electron chi connectivity index (χ0n) is 12.4. The Balaban J connectivity index is 2.62. The third kappa shape index (κ3) is 3.63. The Morgan fingerprint density at radius 3 is 2.43 bits per heavy atom. The quantitative estimate of drug-likeness (QED) is 0.749. The van der Waals surface area contributed by atoms with E-state index in [0.717, 1.165) is 6.26 Å². The summed E-state index contributed by atoms with van der Waals surface area (Å²) in [5.41, 5.74) is -0.733. The second kappa shape index (κ2) is 7.34. The molecular formula is C14H15Cl2O6P. The van der Waals surface area contributed by atoms with Crippen LogP contribution in [0, 0.1) is 0 Å². The van der Waals surface area contributed by atoms with Crippen molar-refractivity contribution in [2.45, 2.75) is 19.7 Å². The first-order valence-electron chi connectivity index (χ1n) is 6.81. The Hall–Kier alpha value is -0.880. The second-order valence-corrected chi connectivity index (χ2v) is 7.46. The van der Waals surface area contributed by atoms with Crippen LogP contribution in [0.5, 0.6) is 0 Å². The largest absolute Gasteiger partial charge is 0.462 e. The maximum Gasteiger partial charge on any atom is 0.363 e. The predicted octanol–water partition coefficient (Wildman–Crippen LogP) is 4.36. The number of rotatable bonds is 6. The van der Waals surface area contributed by atoms with Crippen LogP contribution in [0.25, 0.3) is 11.0 Å². The molecule has 1 heterocycles. The van der Waals surface area contributed by atoms with Gasteiger partial charge in [0.25, 0.3) is 0 Å². The number of fused-ring (bicyclic) bond motifs is 1. The van der Waals surface area contributed by atoms with Crippen molar-refractivity contribution >= 4 is 41.8 Å². The Kier molecular flexibility index (Phi) is 5.89. The maximum atomic E-state index is 12.6. The highest BCUT2D eigenvalue weighted by Gasteiger charge is 2.37. The molecule has 1 aromatic carbocycles. The summed E-state index contributed by atoms with van der Waals surface area (Å²) in [6.07, 6.45) is 1.000. The van der Waals surface area contributed by atoms with Gasteiger partial charge in [-0.05, 0) is 26.0 Å². The van der Waals surface area contributed by atoms with Crippen molar-refractivity contribution in [3.8, 4) is 0 Å². The lowest BCUT2D eigenvalue weighted by molar-refractivity contribution is 0.148. The van der Waals surface area contributed by atoms with Crippen LogP contribution in [0.15, 0.2) is 27.6 Å². The van der Waals surface area contributed by atoms with Crippen LogP contribution in [0.4, 0.5) is 0 Å². The van der Waals surface area contributed by atoms with Crippen LogP contribution in [0.2, 0.25) is 10.0 Å². The fraction of sp³-hybridized carbons (Fsp3) is 0.357. The lowest BCUT2D eigenvalue weighted by Crippen LogP contribution is -2.16. The van der Waals surface area contributed by atoms with Crippen LogP contribution in [-0.4, -0.2) is 18.3 Å². The van der Waals surface area contributed by atoms with E-state index >= 15 is 0 Å². The highest BCUT2D eigenvalue weighted by molar-refractivity contribution is 7.54. The molecule has 0 radical (unpaired) electrons. The van der Waals surface area contributed by atoms with Crippen LogP contribution < -0.4 is 5.43 Å². The van der Waals surface area contributed by atoms with Crippen molar-refractivity contribution in [1.29, 1.82) is 0 Å². The zero-order valence-corrected chi connectivity index (χ0v) is 14.8. The van der Waals surface area contributed by atoms with Crippen molar-refractivity contribution in [3.05, 3.63) is 44.2 Å². The summed E-state index contributed by atoms with van der Waals surface area (Å²) in [7, 11) is -3.93. The average Bonchev–Trinajstić information content (AvgIpc) is 2.48. The number of benzene rings is 1. The molecule has 1 unspecified atom stereocenters. The van der Waals surface area contributed by atoms with Gasteiger partial charge in [-0.15, -0.1) is 0 Å². The smallest absolute Gasteiger partial charge is 0.363 e. The molecule has 0 fully saturated rings. The minimum Gasteiger partial charge on any atom is -0.462 e. The van der Waals surface area contributed by atoms with E-state index in [4.69, 9.17) is 36.7 Å². The summed E-state index contributed by atoms with van der Waals surface area (Å²) in [5.74, 6) is -1.78. The van der Waals surface area contributed by atoms with E-state index in [-0.39, 0.29) is 39.8 Å². The van der Waals surface area contributed by atoms with Gasteiger partial charge >= 0.3 is 7.60 Å². The van der Waals surface area contributed by atoms with Crippen molar-refractivity contribution in [2.24, 2.45) is 0 Å². The second-order valence-electron chi connectivity index (χ2n) is 4.53. The number of aliphatic hydroxyl groups is 1. The topological polar surface area (TPSA) is 86.0 Å². The van der Waals surface area contributed by atoms with Crippen molar-refractivity contribution in [1.82, 2.24) is 0 Å². The number of hydrogen-bond acceptors (Lipinski definition) is 6. The van der Waals surface area contributed by atoms with Crippen LogP contribution in [-0.2, 0) is 13.6 Å². The predicted molar refractivity (Wildman–Crippen MR) is 88.3 cm³/mol. The van der Waals surface area contributed by atoms with Crippen molar-refractivity contribution in [3.63, 3.8) is 0 Å². The molecule has 0 amide bonds. The molecule has 0 spiro atoms. The highest BCUT2D eigenvalue weighted by atomic mass is 35.5. The number of hydrogen-bond donors (Lipinski definition) is 1. The average molecular weight is 381 g/mol. The third-order valence-corrected chi connectivity index (χ3v) is 5.63. The molecule has 1 atom stereocenters. The Morgan fingerprint density at radius 2 is 1.87 bits per heavy atom. The van der Waals surface area contributed by atoms with E-state index in [1.807, 2.05) is 0 Å². The summed E-state index contributed by atoms with van der Waals surface area (Å²) < 4.78 is 28.0. The molecule has 0 saturated heterocycles. The van der Waals surface area contributed by atoms with Crippen LogP contribution in [0.1, 0.15) is 25.3 Å². The number of halogens is 2. The molecule has 0 bridgehead atoms. The molecular weight excluding hydrogens is 366 g/mol. The third-order valence-electron chi connectivity index (χ3n) is 3.01. The Labute approximate surface area is 142 Å². The maximum absolute atomic E-state index is 12.6. The fourth-order valence-electron chi connectivity index (χ4n) is 2.07. The molecule has 9 heteroatoms. The molecule has 6 nitrogen and oxygen atoms in total. The molecule has 2 aromatic rings. The molecule has 0 aliphatic rings. The molecule has 0 aliphatic heterocycles. The van der Waals surface area contributed by atoms with E-state index in [1.165, 1.54) is 12.1 Å². The van der Waals surface area contributed by atoms with Crippen molar-refractivity contribution < 1.29 is 23.1 Å². The van der Waals surface area contributed by atoms with Gasteiger partial charge in [-0.1, -0.05) is 23.2 Å². The molecule has 2 rings (SSSR count). The minimum absolute atomic E-state index is 0.0465. The van der Waals surface area contributed by atoms with Gasteiger partial charge in [-0.25, -0.2) is 0 Å². The first-order valence-corrected chi connectivity index (χ1v) is 9.18. The van der Waals surface area contributed by atoms with Gasteiger partial charge in [0.1, 0.15) is 6.26 Å².